The van der Waals surface area contributed by atoms with Crippen molar-refractivity contribution >= 4 is 22.9 Å². The van der Waals surface area contributed by atoms with Gasteiger partial charge in [0, 0.05) is 42.0 Å². The lowest BCUT2D eigenvalue weighted by Gasteiger charge is -2.32. The van der Waals surface area contributed by atoms with E-state index in [4.69, 9.17) is 14.4 Å². The Bertz CT molecular complexity index is 871. The van der Waals surface area contributed by atoms with Crippen molar-refractivity contribution in [2.45, 2.75) is 25.7 Å². The molecule has 28 heavy (non-hydrogen) atoms. The van der Waals surface area contributed by atoms with Crippen molar-refractivity contribution in [2.24, 2.45) is 5.92 Å². The van der Waals surface area contributed by atoms with E-state index in [9.17, 15) is 14.0 Å². The number of ether oxygens (including phenoxy) is 1. The van der Waals surface area contributed by atoms with Crippen LogP contribution in [0.4, 0.5) is 4.39 Å². The van der Waals surface area contributed by atoms with Gasteiger partial charge in [-0.1, -0.05) is 12.1 Å². The van der Waals surface area contributed by atoms with Gasteiger partial charge < -0.3 is 19.3 Å². The lowest BCUT2D eigenvalue weighted by molar-refractivity contribution is -0.140. The number of carboxylic acid groups (broad SMARTS) is 1. The van der Waals surface area contributed by atoms with E-state index < -0.39 is 11.9 Å². The maximum atomic E-state index is 13.3. The Labute approximate surface area is 161 Å². The van der Waals surface area contributed by atoms with Gasteiger partial charge >= 0.3 is 11.9 Å². The summed E-state index contributed by atoms with van der Waals surface area (Å²) < 4.78 is 23.6. The third kappa shape index (κ3) is 5.16. The maximum absolute atomic E-state index is 13.3. The van der Waals surface area contributed by atoms with Gasteiger partial charge in [0.15, 0.2) is 5.58 Å². The molecule has 150 valence electrons. The highest BCUT2D eigenvalue weighted by molar-refractivity contribution is 5.90. The van der Waals surface area contributed by atoms with E-state index in [1.807, 2.05) is 6.92 Å². The Hall–Kier alpha value is -2.74. The number of esters is 1. The summed E-state index contributed by atoms with van der Waals surface area (Å²) in [5, 5.41) is 13.5. The number of aliphatic carboxylic acids is 1. The first-order valence-electron chi connectivity index (χ1n) is 9.27. The molecule has 3 rings (SSSR count). The molecule has 1 saturated heterocycles. The number of halogens is 1. The SMILES string of the molecule is C[C@@H](COC(=O)C=CC(=O)O)CN1CCC(c2noc3cc(F)ccc23)CC1. The molecule has 1 aromatic carbocycles. The Morgan fingerprint density at radius 2 is 2.14 bits per heavy atom. The Balaban J connectivity index is 1.46. The second-order valence-corrected chi connectivity index (χ2v) is 7.19. The zero-order valence-electron chi connectivity index (χ0n) is 15.6. The van der Waals surface area contributed by atoms with Gasteiger partial charge in [-0.25, -0.2) is 14.0 Å². The molecule has 1 aromatic heterocycles. The Morgan fingerprint density at radius 1 is 1.39 bits per heavy atom. The summed E-state index contributed by atoms with van der Waals surface area (Å²) in [4.78, 5) is 24.1. The number of likely N-dealkylation sites (tertiary alicyclic amines) is 1. The fourth-order valence-electron chi connectivity index (χ4n) is 3.52. The van der Waals surface area contributed by atoms with Crippen LogP contribution in [0, 0.1) is 11.7 Å². The number of nitrogens with zero attached hydrogens (tertiary/aromatic N) is 2. The van der Waals surface area contributed by atoms with Gasteiger partial charge in [0.2, 0.25) is 0 Å². The van der Waals surface area contributed by atoms with Crippen LogP contribution in [0.25, 0.3) is 11.0 Å². The number of carboxylic acids is 1. The van der Waals surface area contributed by atoms with Crippen LogP contribution < -0.4 is 0 Å². The predicted molar refractivity (Wildman–Crippen MR) is 99.3 cm³/mol. The third-order valence-electron chi connectivity index (χ3n) is 4.88. The third-order valence-corrected chi connectivity index (χ3v) is 4.88. The first kappa shape index (κ1) is 20.0. The van der Waals surface area contributed by atoms with E-state index in [1.54, 1.807) is 6.07 Å². The van der Waals surface area contributed by atoms with Gasteiger partial charge in [-0.3, -0.25) is 0 Å². The molecule has 2 aromatic rings. The number of aromatic nitrogens is 1. The number of hydrogen-bond donors (Lipinski definition) is 1. The van der Waals surface area contributed by atoms with Crippen LogP contribution in [-0.2, 0) is 14.3 Å². The number of rotatable bonds is 7. The van der Waals surface area contributed by atoms with E-state index in [1.165, 1.54) is 12.1 Å². The zero-order chi connectivity index (χ0) is 20.1. The predicted octanol–water partition coefficient (Wildman–Crippen LogP) is 2.97. The van der Waals surface area contributed by atoms with Crippen molar-refractivity contribution in [3.8, 4) is 0 Å². The standard InChI is InChI=1S/C20H23FN2O5/c1-13(12-27-19(26)5-4-18(24)25)11-23-8-6-14(7-9-23)20-16-3-2-15(21)10-17(16)28-22-20/h2-5,10,13-14H,6-9,11-12H2,1H3,(H,24,25)/t13-/m1/s1. The van der Waals surface area contributed by atoms with E-state index in [0.29, 0.717) is 5.58 Å². The summed E-state index contributed by atoms with van der Waals surface area (Å²) in [5.74, 6) is -1.76. The minimum atomic E-state index is -1.18. The van der Waals surface area contributed by atoms with Crippen LogP contribution in [0.5, 0.6) is 0 Å². The molecular formula is C20H23FN2O5. The van der Waals surface area contributed by atoms with Crippen LogP contribution in [0.3, 0.4) is 0 Å². The highest BCUT2D eigenvalue weighted by Crippen LogP contribution is 2.32. The number of fused-ring (bicyclic) bond motifs is 1. The van der Waals surface area contributed by atoms with E-state index in [-0.39, 0.29) is 24.3 Å². The van der Waals surface area contributed by atoms with Gasteiger partial charge in [0.1, 0.15) is 5.82 Å². The van der Waals surface area contributed by atoms with Crippen molar-refractivity contribution in [1.82, 2.24) is 10.1 Å². The first-order chi connectivity index (χ1) is 13.4. The van der Waals surface area contributed by atoms with Crippen LogP contribution in [0.1, 0.15) is 31.4 Å². The van der Waals surface area contributed by atoms with Crippen molar-refractivity contribution in [3.63, 3.8) is 0 Å². The molecular weight excluding hydrogens is 367 g/mol. The number of carbonyl (C=O) groups is 2. The molecule has 0 aliphatic carbocycles. The second kappa shape index (κ2) is 8.97. The van der Waals surface area contributed by atoms with E-state index >= 15 is 0 Å². The molecule has 2 heterocycles. The van der Waals surface area contributed by atoms with Gasteiger partial charge in [-0.05, 0) is 38.1 Å². The van der Waals surface area contributed by atoms with Crippen LogP contribution >= 0.6 is 0 Å². The molecule has 0 saturated carbocycles. The van der Waals surface area contributed by atoms with Crippen molar-refractivity contribution in [1.29, 1.82) is 0 Å². The number of piperidine rings is 1. The summed E-state index contributed by atoms with van der Waals surface area (Å²) in [5.41, 5.74) is 1.37. The van der Waals surface area contributed by atoms with Crippen molar-refractivity contribution < 1.29 is 28.3 Å². The van der Waals surface area contributed by atoms with Gasteiger partial charge in [-0.2, -0.15) is 0 Å². The van der Waals surface area contributed by atoms with Gasteiger partial charge in [0.05, 0.1) is 12.3 Å². The number of carbonyl (C=O) groups excluding carboxylic acids is 1. The fraction of sp³-hybridized carbons (Fsp3) is 0.450. The highest BCUT2D eigenvalue weighted by atomic mass is 19.1. The smallest absolute Gasteiger partial charge is 0.331 e. The van der Waals surface area contributed by atoms with Gasteiger partial charge in [0.25, 0.3) is 0 Å². The summed E-state index contributed by atoms with van der Waals surface area (Å²) in [6.07, 6.45) is 3.52. The second-order valence-electron chi connectivity index (χ2n) is 7.19. The topological polar surface area (TPSA) is 92.9 Å². The molecule has 1 fully saturated rings. The summed E-state index contributed by atoms with van der Waals surface area (Å²) in [6.45, 7) is 4.78. The number of benzene rings is 1. The molecule has 1 aliphatic heterocycles. The van der Waals surface area contributed by atoms with Crippen LogP contribution in [0.2, 0.25) is 0 Å². The summed E-state index contributed by atoms with van der Waals surface area (Å²) >= 11 is 0. The molecule has 1 N–H and O–H groups in total. The Kier molecular flexibility index (Phi) is 6.41. The van der Waals surface area contributed by atoms with Crippen molar-refractivity contribution in [2.75, 3.05) is 26.2 Å². The molecule has 0 unspecified atom stereocenters. The van der Waals surface area contributed by atoms with Crippen LogP contribution in [-0.4, -0.2) is 53.3 Å². The minimum Gasteiger partial charge on any atom is -0.478 e. The quantitative estimate of drug-likeness (QED) is 0.574. The largest absolute Gasteiger partial charge is 0.478 e. The fourth-order valence-corrected chi connectivity index (χ4v) is 3.52. The normalized spacial score (nSPS) is 17.2. The summed E-state index contributed by atoms with van der Waals surface area (Å²) in [6, 6.07) is 4.50. The highest BCUT2D eigenvalue weighted by Gasteiger charge is 2.26. The lowest BCUT2D eigenvalue weighted by Crippen LogP contribution is -2.37. The van der Waals surface area contributed by atoms with E-state index in [0.717, 1.165) is 55.7 Å². The van der Waals surface area contributed by atoms with E-state index in [2.05, 4.69) is 10.1 Å². The average molecular weight is 390 g/mol. The molecule has 7 nitrogen and oxygen atoms in total. The molecule has 8 heteroatoms. The zero-order valence-corrected chi connectivity index (χ0v) is 15.6. The number of hydrogen-bond acceptors (Lipinski definition) is 6. The molecule has 1 aliphatic rings. The molecule has 0 bridgehead atoms. The average Bonchev–Trinajstić information content (AvgIpc) is 3.08. The Morgan fingerprint density at radius 3 is 2.86 bits per heavy atom. The minimum absolute atomic E-state index is 0.134. The molecule has 0 spiro atoms. The monoisotopic (exact) mass is 390 g/mol. The van der Waals surface area contributed by atoms with Crippen LogP contribution in [0.15, 0.2) is 34.9 Å². The molecule has 0 amide bonds. The molecule has 1 atom stereocenters. The molecule has 0 radical (unpaired) electrons. The van der Waals surface area contributed by atoms with Gasteiger partial charge in [-0.15, -0.1) is 0 Å². The summed E-state index contributed by atoms with van der Waals surface area (Å²) in [7, 11) is 0. The van der Waals surface area contributed by atoms with Crippen molar-refractivity contribution in [3.05, 3.63) is 41.9 Å². The first-order valence-corrected chi connectivity index (χ1v) is 9.27. The lowest BCUT2D eigenvalue weighted by atomic mass is 9.91. The maximum Gasteiger partial charge on any atom is 0.331 e.